The van der Waals surface area contributed by atoms with Crippen molar-refractivity contribution in [3.05, 3.63) is 59.4 Å². The van der Waals surface area contributed by atoms with E-state index in [1.807, 2.05) is 23.1 Å². The average molecular weight is 407 g/mol. The molecule has 1 aliphatic heterocycles. The SMILES string of the molecule is COc1ccc(C(=O)C2CCN(C(=O)c3c(C)oc4ccc(OC)cc34)CC2)cc1. The molecule has 1 saturated heterocycles. The number of likely N-dealkylation sites (tertiary alicyclic amines) is 1. The molecule has 0 atom stereocenters. The summed E-state index contributed by atoms with van der Waals surface area (Å²) in [5, 5.41) is 0.758. The number of nitrogens with zero attached hydrogens (tertiary/aromatic N) is 1. The van der Waals surface area contributed by atoms with Gasteiger partial charge >= 0.3 is 0 Å². The van der Waals surface area contributed by atoms with Crippen LogP contribution in [0, 0.1) is 12.8 Å². The minimum atomic E-state index is -0.0790. The fourth-order valence-electron chi connectivity index (χ4n) is 4.09. The molecule has 0 spiro atoms. The third-order valence-electron chi connectivity index (χ3n) is 5.81. The van der Waals surface area contributed by atoms with Crippen molar-refractivity contribution in [1.29, 1.82) is 0 Å². The number of amides is 1. The number of benzene rings is 2. The second-order valence-electron chi connectivity index (χ2n) is 7.55. The number of rotatable bonds is 5. The smallest absolute Gasteiger partial charge is 0.258 e. The van der Waals surface area contributed by atoms with Crippen LogP contribution >= 0.6 is 0 Å². The maximum Gasteiger partial charge on any atom is 0.258 e. The molecule has 0 radical (unpaired) electrons. The molecular weight excluding hydrogens is 382 g/mol. The van der Waals surface area contributed by atoms with Gasteiger partial charge in [-0.2, -0.15) is 0 Å². The highest BCUT2D eigenvalue weighted by atomic mass is 16.5. The maximum atomic E-state index is 13.2. The Kier molecular flexibility index (Phi) is 5.48. The van der Waals surface area contributed by atoms with E-state index in [1.165, 1.54) is 0 Å². The lowest BCUT2D eigenvalue weighted by Crippen LogP contribution is -2.40. The van der Waals surface area contributed by atoms with Crippen LogP contribution in [-0.4, -0.2) is 43.9 Å². The van der Waals surface area contributed by atoms with Crippen LogP contribution in [0.1, 0.15) is 39.3 Å². The van der Waals surface area contributed by atoms with E-state index in [4.69, 9.17) is 13.9 Å². The Hall–Kier alpha value is -3.28. The zero-order valence-electron chi connectivity index (χ0n) is 17.4. The minimum Gasteiger partial charge on any atom is -0.497 e. The summed E-state index contributed by atoms with van der Waals surface area (Å²) in [6.45, 7) is 2.89. The van der Waals surface area contributed by atoms with E-state index in [-0.39, 0.29) is 17.6 Å². The van der Waals surface area contributed by atoms with Gasteiger partial charge < -0.3 is 18.8 Å². The third-order valence-corrected chi connectivity index (χ3v) is 5.81. The lowest BCUT2D eigenvalue weighted by atomic mass is 9.88. The molecule has 30 heavy (non-hydrogen) atoms. The summed E-state index contributed by atoms with van der Waals surface area (Å²) < 4.78 is 16.2. The second kappa shape index (κ2) is 8.22. The number of ether oxygens (including phenoxy) is 2. The van der Waals surface area contributed by atoms with Crippen molar-refractivity contribution < 1.29 is 23.5 Å². The maximum absolute atomic E-state index is 13.2. The predicted molar refractivity (Wildman–Crippen MR) is 113 cm³/mol. The highest BCUT2D eigenvalue weighted by Crippen LogP contribution is 2.31. The Morgan fingerprint density at radius 2 is 1.60 bits per heavy atom. The molecule has 2 aromatic carbocycles. The lowest BCUT2D eigenvalue weighted by Gasteiger charge is -2.31. The van der Waals surface area contributed by atoms with E-state index in [9.17, 15) is 9.59 Å². The highest BCUT2D eigenvalue weighted by Gasteiger charge is 2.30. The molecule has 0 aliphatic carbocycles. The Morgan fingerprint density at radius 1 is 0.967 bits per heavy atom. The van der Waals surface area contributed by atoms with Gasteiger partial charge in [0.25, 0.3) is 5.91 Å². The predicted octanol–water partition coefficient (Wildman–Crippen LogP) is 4.49. The summed E-state index contributed by atoms with van der Waals surface area (Å²) in [6, 6.07) is 12.7. The Morgan fingerprint density at radius 3 is 2.23 bits per heavy atom. The van der Waals surface area contributed by atoms with Gasteiger partial charge in [-0.05, 0) is 62.2 Å². The molecular formula is C24H25NO5. The van der Waals surface area contributed by atoms with E-state index in [0.29, 0.717) is 54.2 Å². The van der Waals surface area contributed by atoms with Crippen LogP contribution in [0.2, 0.25) is 0 Å². The molecule has 4 rings (SSSR count). The molecule has 6 nitrogen and oxygen atoms in total. The molecule has 3 aromatic rings. The third kappa shape index (κ3) is 3.65. The standard InChI is InChI=1S/C24H25NO5/c1-15-22(20-14-19(29-3)8-9-21(20)30-15)24(27)25-12-10-17(11-13-25)23(26)16-4-6-18(28-2)7-5-16/h4-9,14,17H,10-13H2,1-3H3. The molecule has 0 saturated carbocycles. The van der Waals surface area contributed by atoms with Gasteiger partial charge in [0.15, 0.2) is 5.78 Å². The molecule has 6 heteroatoms. The molecule has 0 N–H and O–H groups in total. The van der Waals surface area contributed by atoms with E-state index in [0.717, 1.165) is 11.1 Å². The van der Waals surface area contributed by atoms with Crippen LogP contribution in [0.15, 0.2) is 46.9 Å². The number of carbonyl (C=O) groups is 2. The summed E-state index contributed by atoms with van der Waals surface area (Å²) >= 11 is 0. The zero-order chi connectivity index (χ0) is 21.3. The van der Waals surface area contributed by atoms with Crippen LogP contribution in [0.25, 0.3) is 11.0 Å². The second-order valence-corrected chi connectivity index (χ2v) is 7.55. The van der Waals surface area contributed by atoms with Gasteiger partial charge in [0, 0.05) is 30.0 Å². The van der Waals surface area contributed by atoms with E-state index in [1.54, 1.807) is 45.4 Å². The first-order valence-corrected chi connectivity index (χ1v) is 10.1. The van der Waals surface area contributed by atoms with Crippen molar-refractivity contribution >= 4 is 22.7 Å². The van der Waals surface area contributed by atoms with Crippen molar-refractivity contribution in [1.82, 2.24) is 4.90 Å². The molecule has 156 valence electrons. The number of furan rings is 1. The Balaban J connectivity index is 1.47. The normalized spacial score (nSPS) is 14.7. The molecule has 1 fully saturated rings. The number of hydrogen-bond donors (Lipinski definition) is 0. The lowest BCUT2D eigenvalue weighted by molar-refractivity contribution is 0.0650. The number of fused-ring (bicyclic) bond motifs is 1. The van der Waals surface area contributed by atoms with Gasteiger partial charge in [0.1, 0.15) is 22.8 Å². The topological polar surface area (TPSA) is 69.0 Å². The van der Waals surface area contributed by atoms with Gasteiger partial charge in [-0.15, -0.1) is 0 Å². The van der Waals surface area contributed by atoms with Crippen molar-refractivity contribution in [3.8, 4) is 11.5 Å². The summed E-state index contributed by atoms with van der Waals surface area (Å²) in [7, 11) is 3.20. The number of piperidine rings is 1. The van der Waals surface area contributed by atoms with Gasteiger partial charge in [0.05, 0.1) is 19.8 Å². The first kappa shape index (κ1) is 20.0. The van der Waals surface area contributed by atoms with E-state index < -0.39 is 0 Å². The van der Waals surface area contributed by atoms with Crippen molar-refractivity contribution in [2.45, 2.75) is 19.8 Å². The van der Waals surface area contributed by atoms with Crippen LogP contribution in [0.3, 0.4) is 0 Å². The fraction of sp³-hybridized carbons (Fsp3) is 0.333. The van der Waals surface area contributed by atoms with Gasteiger partial charge in [-0.3, -0.25) is 9.59 Å². The number of hydrogen-bond acceptors (Lipinski definition) is 5. The molecule has 1 aliphatic rings. The van der Waals surface area contributed by atoms with Crippen LogP contribution in [-0.2, 0) is 0 Å². The first-order chi connectivity index (χ1) is 14.5. The minimum absolute atomic E-state index is 0.0603. The van der Waals surface area contributed by atoms with Crippen LogP contribution in [0.4, 0.5) is 0 Å². The van der Waals surface area contributed by atoms with Gasteiger partial charge in [0.2, 0.25) is 0 Å². The van der Waals surface area contributed by atoms with Gasteiger partial charge in [-0.25, -0.2) is 0 Å². The van der Waals surface area contributed by atoms with Crippen molar-refractivity contribution in [3.63, 3.8) is 0 Å². The summed E-state index contributed by atoms with van der Waals surface area (Å²) in [5.74, 6) is 1.99. The number of methoxy groups -OCH3 is 2. The number of carbonyl (C=O) groups excluding carboxylic acids is 2. The summed E-state index contributed by atoms with van der Waals surface area (Å²) in [4.78, 5) is 27.9. The number of aryl methyl sites for hydroxylation is 1. The highest BCUT2D eigenvalue weighted by molar-refractivity contribution is 6.07. The van der Waals surface area contributed by atoms with Crippen molar-refractivity contribution in [2.24, 2.45) is 5.92 Å². The fourth-order valence-corrected chi connectivity index (χ4v) is 4.09. The van der Waals surface area contributed by atoms with Crippen molar-refractivity contribution in [2.75, 3.05) is 27.3 Å². The zero-order valence-corrected chi connectivity index (χ0v) is 17.4. The largest absolute Gasteiger partial charge is 0.497 e. The Bertz CT molecular complexity index is 1070. The molecule has 2 heterocycles. The summed E-state index contributed by atoms with van der Waals surface area (Å²) in [6.07, 6.45) is 1.30. The van der Waals surface area contributed by atoms with E-state index in [2.05, 4.69) is 0 Å². The Labute approximate surface area is 175 Å². The first-order valence-electron chi connectivity index (χ1n) is 10.1. The molecule has 0 unspecified atom stereocenters. The van der Waals surface area contributed by atoms with Gasteiger partial charge in [-0.1, -0.05) is 0 Å². The number of Topliss-reactive ketones (excluding diaryl/α,β-unsaturated/α-hetero) is 1. The number of ketones is 1. The van der Waals surface area contributed by atoms with Crippen LogP contribution in [0.5, 0.6) is 11.5 Å². The summed E-state index contributed by atoms with van der Waals surface area (Å²) in [5.41, 5.74) is 1.93. The molecule has 1 aromatic heterocycles. The quantitative estimate of drug-likeness (QED) is 0.583. The average Bonchev–Trinajstić information content (AvgIpc) is 3.13. The molecule has 0 bridgehead atoms. The van der Waals surface area contributed by atoms with Crippen LogP contribution < -0.4 is 9.47 Å². The monoisotopic (exact) mass is 407 g/mol. The molecule has 1 amide bonds. The van der Waals surface area contributed by atoms with E-state index >= 15 is 0 Å².